The van der Waals surface area contributed by atoms with Crippen molar-refractivity contribution in [2.75, 3.05) is 5.75 Å². The molecule has 0 spiro atoms. The number of rotatable bonds is 6. The molecule has 2 aromatic rings. The molecule has 21 heavy (non-hydrogen) atoms. The van der Waals surface area contributed by atoms with Gasteiger partial charge >= 0.3 is 0 Å². The minimum absolute atomic E-state index is 0.0142. The van der Waals surface area contributed by atoms with E-state index in [-0.39, 0.29) is 5.91 Å². The van der Waals surface area contributed by atoms with Crippen LogP contribution < -0.4 is 5.32 Å². The third kappa shape index (κ3) is 4.02. The van der Waals surface area contributed by atoms with Gasteiger partial charge in [0.2, 0.25) is 5.91 Å². The van der Waals surface area contributed by atoms with Crippen LogP contribution >= 0.6 is 23.4 Å². The van der Waals surface area contributed by atoms with Gasteiger partial charge in [0.15, 0.2) is 5.16 Å². The van der Waals surface area contributed by atoms with Gasteiger partial charge in [-0.15, -0.1) is 0 Å². The van der Waals surface area contributed by atoms with Crippen molar-refractivity contribution in [2.24, 2.45) is 0 Å². The zero-order valence-electron chi connectivity index (χ0n) is 11.5. The van der Waals surface area contributed by atoms with Crippen LogP contribution in [0.25, 0.3) is 0 Å². The van der Waals surface area contributed by atoms with Gasteiger partial charge in [-0.05, 0) is 30.5 Å². The Morgan fingerprint density at radius 2 is 2.14 bits per heavy atom. The van der Waals surface area contributed by atoms with E-state index < -0.39 is 0 Å². The molecule has 0 radical (unpaired) electrons. The molecule has 1 saturated carbocycles. The first-order chi connectivity index (χ1) is 10.2. The summed E-state index contributed by atoms with van der Waals surface area (Å²) in [6, 6.07) is 8.06. The highest BCUT2D eigenvalue weighted by atomic mass is 35.5. The van der Waals surface area contributed by atoms with Crippen molar-refractivity contribution in [1.82, 2.24) is 14.9 Å². The van der Waals surface area contributed by atoms with E-state index in [0.29, 0.717) is 23.4 Å². The Kier molecular flexibility index (Phi) is 4.51. The van der Waals surface area contributed by atoms with E-state index in [1.54, 1.807) is 6.20 Å². The van der Waals surface area contributed by atoms with Gasteiger partial charge in [0, 0.05) is 30.0 Å². The molecule has 1 N–H and O–H groups in total. The lowest BCUT2D eigenvalue weighted by Gasteiger charge is -2.07. The predicted molar refractivity (Wildman–Crippen MR) is 84.5 cm³/mol. The van der Waals surface area contributed by atoms with E-state index in [1.807, 2.05) is 30.5 Å². The maximum absolute atomic E-state index is 11.9. The summed E-state index contributed by atoms with van der Waals surface area (Å²) in [5.41, 5.74) is 1.04. The van der Waals surface area contributed by atoms with Crippen LogP contribution in [-0.4, -0.2) is 21.2 Å². The molecule has 6 heteroatoms. The Bertz CT molecular complexity index is 622. The van der Waals surface area contributed by atoms with Crippen LogP contribution in [0.15, 0.2) is 41.8 Å². The highest BCUT2D eigenvalue weighted by Gasteiger charge is 2.25. The predicted octanol–water partition coefficient (Wildman–Crippen LogP) is 3.28. The van der Waals surface area contributed by atoms with Crippen molar-refractivity contribution in [3.63, 3.8) is 0 Å². The van der Waals surface area contributed by atoms with Crippen LogP contribution in [0.1, 0.15) is 24.4 Å². The largest absolute Gasteiger partial charge is 0.351 e. The number of hydrogen-bond donors (Lipinski definition) is 1. The van der Waals surface area contributed by atoms with E-state index >= 15 is 0 Å². The van der Waals surface area contributed by atoms with Crippen molar-refractivity contribution in [1.29, 1.82) is 0 Å². The fraction of sp³-hybridized carbons (Fsp3) is 0.333. The van der Waals surface area contributed by atoms with Crippen LogP contribution in [0, 0.1) is 0 Å². The zero-order chi connectivity index (χ0) is 14.7. The highest BCUT2D eigenvalue weighted by molar-refractivity contribution is 7.99. The maximum atomic E-state index is 11.9. The first kappa shape index (κ1) is 14.5. The molecular weight excluding hydrogens is 306 g/mol. The lowest BCUT2D eigenvalue weighted by atomic mass is 10.2. The summed E-state index contributed by atoms with van der Waals surface area (Å²) in [4.78, 5) is 16.2. The number of hydrogen-bond acceptors (Lipinski definition) is 3. The minimum Gasteiger partial charge on any atom is -0.351 e. The average Bonchev–Trinajstić information content (AvgIpc) is 3.23. The smallest absolute Gasteiger partial charge is 0.230 e. The Balaban J connectivity index is 1.45. The lowest BCUT2D eigenvalue weighted by Crippen LogP contribution is -2.24. The molecule has 1 aliphatic rings. The molecule has 3 rings (SSSR count). The fourth-order valence-electron chi connectivity index (χ4n) is 2.03. The monoisotopic (exact) mass is 321 g/mol. The molecule has 110 valence electrons. The van der Waals surface area contributed by atoms with Gasteiger partial charge in [0.1, 0.15) is 0 Å². The van der Waals surface area contributed by atoms with Crippen LogP contribution in [0.5, 0.6) is 0 Å². The number of nitrogens with zero attached hydrogens (tertiary/aromatic N) is 2. The number of imidazole rings is 1. The number of halogens is 1. The average molecular weight is 322 g/mol. The molecule has 1 heterocycles. The van der Waals surface area contributed by atoms with Gasteiger partial charge in [-0.2, -0.15) is 0 Å². The second-order valence-corrected chi connectivity index (χ2v) is 6.42. The SMILES string of the molecule is O=C(CSc1nccn1C1CC1)NCc1ccc(Cl)cc1. The quantitative estimate of drug-likeness (QED) is 0.831. The van der Waals surface area contributed by atoms with Crippen LogP contribution in [0.4, 0.5) is 0 Å². The van der Waals surface area contributed by atoms with Crippen LogP contribution in [-0.2, 0) is 11.3 Å². The first-order valence-electron chi connectivity index (χ1n) is 6.89. The number of thioether (sulfide) groups is 1. The number of amides is 1. The summed E-state index contributed by atoms with van der Waals surface area (Å²) in [7, 11) is 0. The van der Waals surface area contributed by atoms with Crippen LogP contribution in [0.2, 0.25) is 5.02 Å². The minimum atomic E-state index is 0.0142. The van der Waals surface area contributed by atoms with E-state index in [0.717, 1.165) is 10.7 Å². The molecule has 0 aliphatic heterocycles. The third-order valence-corrected chi connectivity index (χ3v) is 4.54. The molecule has 1 fully saturated rings. The molecule has 1 amide bonds. The zero-order valence-corrected chi connectivity index (χ0v) is 13.0. The van der Waals surface area contributed by atoms with Gasteiger partial charge in [-0.1, -0.05) is 35.5 Å². The Morgan fingerprint density at radius 1 is 1.38 bits per heavy atom. The Labute approximate surface area is 132 Å². The third-order valence-electron chi connectivity index (χ3n) is 3.31. The second-order valence-electron chi connectivity index (χ2n) is 5.04. The van der Waals surface area contributed by atoms with E-state index in [4.69, 9.17) is 11.6 Å². The number of nitrogens with one attached hydrogen (secondary N) is 1. The number of carbonyl (C=O) groups excluding carboxylic acids is 1. The van der Waals surface area contributed by atoms with Crippen molar-refractivity contribution < 1.29 is 4.79 Å². The summed E-state index contributed by atoms with van der Waals surface area (Å²) in [6.07, 6.45) is 6.22. The lowest BCUT2D eigenvalue weighted by molar-refractivity contribution is -0.118. The van der Waals surface area contributed by atoms with E-state index in [2.05, 4.69) is 14.9 Å². The number of carbonyl (C=O) groups is 1. The Hall–Kier alpha value is -1.46. The first-order valence-corrected chi connectivity index (χ1v) is 8.25. The molecule has 0 bridgehead atoms. The molecule has 0 unspecified atom stereocenters. The normalized spacial score (nSPS) is 14.1. The van der Waals surface area contributed by atoms with Crippen molar-refractivity contribution >= 4 is 29.3 Å². The van der Waals surface area contributed by atoms with Gasteiger partial charge in [-0.3, -0.25) is 4.79 Å². The van der Waals surface area contributed by atoms with Crippen molar-refractivity contribution in [2.45, 2.75) is 30.6 Å². The molecule has 1 aromatic carbocycles. The summed E-state index contributed by atoms with van der Waals surface area (Å²) in [6.45, 7) is 0.521. The summed E-state index contributed by atoms with van der Waals surface area (Å²) in [5.74, 6) is 0.400. The topological polar surface area (TPSA) is 46.9 Å². The molecule has 4 nitrogen and oxygen atoms in total. The van der Waals surface area contributed by atoms with Gasteiger partial charge in [0.05, 0.1) is 5.75 Å². The molecule has 0 saturated heterocycles. The van der Waals surface area contributed by atoms with Crippen LogP contribution in [0.3, 0.4) is 0 Å². The van der Waals surface area contributed by atoms with Gasteiger partial charge < -0.3 is 9.88 Å². The van der Waals surface area contributed by atoms with E-state index in [9.17, 15) is 4.79 Å². The van der Waals surface area contributed by atoms with Gasteiger partial charge in [0.25, 0.3) is 0 Å². The van der Waals surface area contributed by atoms with E-state index in [1.165, 1.54) is 24.6 Å². The number of aromatic nitrogens is 2. The highest BCUT2D eigenvalue weighted by Crippen LogP contribution is 2.37. The standard InChI is InChI=1S/C15H16ClN3OS/c16-12-3-1-11(2-4-12)9-18-14(20)10-21-15-17-7-8-19(15)13-5-6-13/h1-4,7-8,13H,5-6,9-10H2,(H,18,20). The number of benzene rings is 1. The summed E-state index contributed by atoms with van der Waals surface area (Å²) in [5, 5.41) is 4.54. The summed E-state index contributed by atoms with van der Waals surface area (Å²) >= 11 is 7.31. The second kappa shape index (κ2) is 6.54. The van der Waals surface area contributed by atoms with Gasteiger partial charge in [-0.25, -0.2) is 4.98 Å². The van der Waals surface area contributed by atoms with Crippen molar-refractivity contribution in [3.05, 3.63) is 47.2 Å². The molecule has 0 atom stereocenters. The fourth-order valence-corrected chi connectivity index (χ4v) is 3.01. The maximum Gasteiger partial charge on any atom is 0.230 e. The Morgan fingerprint density at radius 3 is 2.86 bits per heavy atom. The van der Waals surface area contributed by atoms with Crippen molar-refractivity contribution in [3.8, 4) is 0 Å². The summed E-state index contributed by atoms with van der Waals surface area (Å²) < 4.78 is 2.16. The molecule has 1 aromatic heterocycles. The molecule has 1 aliphatic carbocycles. The molecular formula is C15H16ClN3OS.